The number of unbranched alkanes of at least 4 members (excludes halogenated alkanes) is 1. The van der Waals surface area contributed by atoms with E-state index < -0.39 is 5.82 Å². The fourth-order valence-corrected chi connectivity index (χ4v) is 1.74. The zero-order valence-electron chi connectivity index (χ0n) is 11.5. The number of benzene rings is 1. The van der Waals surface area contributed by atoms with Gasteiger partial charge in [-0.1, -0.05) is 0 Å². The Balaban J connectivity index is 2.15. The monoisotopic (exact) mass is 301 g/mol. The predicted octanol–water partition coefficient (Wildman–Crippen LogP) is 2.29. The van der Waals surface area contributed by atoms with Crippen LogP contribution in [0.1, 0.15) is 23.2 Å². The van der Waals surface area contributed by atoms with E-state index in [9.17, 15) is 9.18 Å². The standard InChI is InChI=1S/C14H20FNO3S/c1-18-8-9-19-7-3-2-6-16-14(17)11-4-5-12(15)13(20)10-11/h4-5,10,20H,2-3,6-9H2,1H3,(H,16,17). The summed E-state index contributed by atoms with van der Waals surface area (Å²) in [4.78, 5) is 11.9. The molecule has 1 rings (SSSR count). The third-order valence-corrected chi connectivity index (χ3v) is 2.98. The molecule has 112 valence electrons. The van der Waals surface area contributed by atoms with Crippen LogP contribution in [0.4, 0.5) is 4.39 Å². The van der Waals surface area contributed by atoms with Crippen molar-refractivity contribution >= 4 is 18.5 Å². The molecule has 0 bridgehead atoms. The molecule has 0 radical (unpaired) electrons. The molecular weight excluding hydrogens is 281 g/mol. The molecule has 0 unspecified atom stereocenters. The summed E-state index contributed by atoms with van der Waals surface area (Å²) in [5, 5.41) is 2.77. The lowest BCUT2D eigenvalue weighted by molar-refractivity contribution is 0.0686. The maximum atomic E-state index is 13.0. The molecule has 1 amide bonds. The summed E-state index contributed by atoms with van der Waals surface area (Å²) >= 11 is 3.95. The lowest BCUT2D eigenvalue weighted by Gasteiger charge is -2.06. The minimum Gasteiger partial charge on any atom is -0.382 e. The van der Waals surface area contributed by atoms with Crippen molar-refractivity contribution in [3.05, 3.63) is 29.6 Å². The molecule has 6 heteroatoms. The van der Waals surface area contributed by atoms with Crippen LogP contribution >= 0.6 is 12.6 Å². The molecule has 0 saturated carbocycles. The molecule has 0 aliphatic carbocycles. The van der Waals surface area contributed by atoms with Crippen molar-refractivity contribution in [2.24, 2.45) is 0 Å². The van der Waals surface area contributed by atoms with Crippen molar-refractivity contribution in [1.29, 1.82) is 0 Å². The summed E-state index contributed by atoms with van der Waals surface area (Å²) in [6.07, 6.45) is 1.69. The Labute approximate surface area is 124 Å². The van der Waals surface area contributed by atoms with Gasteiger partial charge in [0.2, 0.25) is 0 Å². The van der Waals surface area contributed by atoms with Gasteiger partial charge < -0.3 is 14.8 Å². The molecule has 4 nitrogen and oxygen atoms in total. The van der Waals surface area contributed by atoms with Crippen LogP contribution in [-0.4, -0.2) is 39.4 Å². The van der Waals surface area contributed by atoms with Gasteiger partial charge in [0.1, 0.15) is 5.82 Å². The Morgan fingerprint density at radius 2 is 2.10 bits per heavy atom. The first-order valence-electron chi connectivity index (χ1n) is 6.48. The first kappa shape index (κ1) is 16.9. The molecule has 0 heterocycles. The SMILES string of the molecule is COCCOCCCCNC(=O)c1ccc(F)c(S)c1. The van der Waals surface area contributed by atoms with Crippen molar-refractivity contribution in [3.8, 4) is 0 Å². The van der Waals surface area contributed by atoms with E-state index in [0.717, 1.165) is 12.8 Å². The number of halogens is 1. The number of hydrogen-bond donors (Lipinski definition) is 2. The second-order valence-electron chi connectivity index (χ2n) is 4.23. The maximum Gasteiger partial charge on any atom is 0.251 e. The van der Waals surface area contributed by atoms with E-state index in [1.807, 2.05) is 0 Å². The van der Waals surface area contributed by atoms with Crippen LogP contribution in [0.2, 0.25) is 0 Å². The van der Waals surface area contributed by atoms with Gasteiger partial charge in [-0.05, 0) is 31.0 Å². The summed E-state index contributed by atoms with van der Waals surface area (Å²) in [6, 6.07) is 4.10. The van der Waals surface area contributed by atoms with Crippen molar-refractivity contribution in [1.82, 2.24) is 5.32 Å². The highest BCUT2D eigenvalue weighted by Gasteiger charge is 2.07. The molecule has 0 atom stereocenters. The largest absolute Gasteiger partial charge is 0.382 e. The van der Waals surface area contributed by atoms with Crippen LogP contribution in [0, 0.1) is 5.82 Å². The number of amides is 1. The Morgan fingerprint density at radius 1 is 1.30 bits per heavy atom. The average molecular weight is 301 g/mol. The summed E-state index contributed by atoms with van der Waals surface area (Å²) in [6.45, 7) is 2.39. The quantitative estimate of drug-likeness (QED) is 0.543. The number of ether oxygens (including phenoxy) is 2. The Morgan fingerprint density at radius 3 is 2.80 bits per heavy atom. The minimum atomic E-state index is -0.432. The summed E-state index contributed by atoms with van der Waals surface area (Å²) in [7, 11) is 1.63. The molecule has 1 aromatic rings. The third-order valence-electron chi connectivity index (χ3n) is 2.64. The van der Waals surface area contributed by atoms with E-state index in [-0.39, 0.29) is 10.8 Å². The molecule has 0 saturated heterocycles. The van der Waals surface area contributed by atoms with Crippen molar-refractivity contribution in [2.75, 3.05) is 33.5 Å². The van der Waals surface area contributed by atoms with Gasteiger partial charge in [0, 0.05) is 30.7 Å². The highest BCUT2D eigenvalue weighted by molar-refractivity contribution is 7.80. The number of nitrogens with one attached hydrogen (secondary N) is 1. The molecular formula is C14H20FNO3S. The molecule has 0 spiro atoms. The van der Waals surface area contributed by atoms with Crippen LogP contribution in [0.15, 0.2) is 23.1 Å². The minimum absolute atomic E-state index is 0.171. The van der Waals surface area contributed by atoms with Gasteiger partial charge in [-0.2, -0.15) is 0 Å². The van der Waals surface area contributed by atoms with E-state index in [1.54, 1.807) is 7.11 Å². The fraction of sp³-hybridized carbons (Fsp3) is 0.500. The van der Waals surface area contributed by atoms with Crippen LogP contribution in [0.25, 0.3) is 0 Å². The van der Waals surface area contributed by atoms with Gasteiger partial charge in [0.05, 0.1) is 13.2 Å². The smallest absolute Gasteiger partial charge is 0.251 e. The number of methoxy groups -OCH3 is 1. The highest BCUT2D eigenvalue weighted by atomic mass is 32.1. The van der Waals surface area contributed by atoms with Crippen LogP contribution < -0.4 is 5.32 Å². The molecule has 20 heavy (non-hydrogen) atoms. The van der Waals surface area contributed by atoms with E-state index in [4.69, 9.17) is 9.47 Å². The van der Waals surface area contributed by atoms with Gasteiger partial charge in [0.25, 0.3) is 5.91 Å². The average Bonchev–Trinajstić information content (AvgIpc) is 2.44. The molecule has 0 aliphatic rings. The van der Waals surface area contributed by atoms with Gasteiger partial charge in [-0.15, -0.1) is 12.6 Å². The fourth-order valence-electron chi connectivity index (χ4n) is 1.53. The maximum absolute atomic E-state index is 13.0. The van der Waals surface area contributed by atoms with E-state index >= 15 is 0 Å². The lowest BCUT2D eigenvalue weighted by Crippen LogP contribution is -2.24. The predicted molar refractivity (Wildman–Crippen MR) is 77.9 cm³/mol. The van der Waals surface area contributed by atoms with E-state index in [1.165, 1.54) is 18.2 Å². The second kappa shape index (κ2) is 9.74. The summed E-state index contributed by atoms with van der Waals surface area (Å²) in [5.74, 6) is -0.654. The number of hydrogen-bond acceptors (Lipinski definition) is 4. The lowest BCUT2D eigenvalue weighted by atomic mass is 10.2. The number of carbonyl (C=O) groups excluding carboxylic acids is 1. The molecule has 0 fully saturated rings. The van der Waals surface area contributed by atoms with Crippen LogP contribution in [-0.2, 0) is 9.47 Å². The normalized spacial score (nSPS) is 10.6. The van der Waals surface area contributed by atoms with Gasteiger partial charge in [-0.25, -0.2) is 4.39 Å². The highest BCUT2D eigenvalue weighted by Crippen LogP contribution is 2.14. The van der Waals surface area contributed by atoms with E-state index in [2.05, 4.69) is 17.9 Å². The van der Waals surface area contributed by atoms with Gasteiger partial charge in [-0.3, -0.25) is 4.79 Å². The van der Waals surface area contributed by atoms with Gasteiger partial charge in [0.15, 0.2) is 0 Å². The number of carbonyl (C=O) groups is 1. The zero-order chi connectivity index (χ0) is 14.8. The number of thiol groups is 1. The first-order chi connectivity index (χ1) is 9.65. The molecule has 0 aromatic heterocycles. The zero-order valence-corrected chi connectivity index (χ0v) is 12.4. The Kier molecular flexibility index (Phi) is 8.25. The Hall–Kier alpha value is -1.11. The van der Waals surface area contributed by atoms with Crippen molar-refractivity contribution < 1.29 is 18.7 Å². The first-order valence-corrected chi connectivity index (χ1v) is 6.93. The van der Waals surface area contributed by atoms with Crippen molar-refractivity contribution in [3.63, 3.8) is 0 Å². The summed E-state index contributed by atoms with van der Waals surface area (Å²) < 4.78 is 23.2. The van der Waals surface area contributed by atoms with Crippen LogP contribution in [0.5, 0.6) is 0 Å². The molecule has 1 aromatic carbocycles. The number of rotatable bonds is 9. The van der Waals surface area contributed by atoms with Crippen molar-refractivity contribution in [2.45, 2.75) is 17.7 Å². The molecule has 1 N–H and O–H groups in total. The van der Waals surface area contributed by atoms with E-state index in [0.29, 0.717) is 31.9 Å². The van der Waals surface area contributed by atoms with Gasteiger partial charge >= 0.3 is 0 Å². The second-order valence-corrected chi connectivity index (χ2v) is 4.72. The third kappa shape index (κ3) is 6.36. The Bertz CT molecular complexity index is 429. The molecule has 0 aliphatic heterocycles. The summed E-state index contributed by atoms with van der Waals surface area (Å²) in [5.41, 5.74) is 0.410. The van der Waals surface area contributed by atoms with Crippen LogP contribution in [0.3, 0.4) is 0 Å². The topological polar surface area (TPSA) is 47.6 Å².